The van der Waals surface area contributed by atoms with Gasteiger partial charge in [0.15, 0.2) is 0 Å². The largest absolute Gasteiger partial charge is 0.487 e. The monoisotopic (exact) mass is 487 g/mol. The summed E-state index contributed by atoms with van der Waals surface area (Å²) >= 11 is 0. The minimum absolute atomic E-state index is 0.0643. The average Bonchev–Trinajstić information content (AvgIpc) is 3.65. The van der Waals surface area contributed by atoms with E-state index in [1.165, 1.54) is 4.31 Å². The number of hydrogen-bond acceptors (Lipinski definition) is 6. The number of carbonyl (C=O) groups is 1. The Labute approximate surface area is 201 Å². The molecule has 1 N–H and O–H groups in total. The molecule has 4 rings (SSSR count). The zero-order valence-electron chi connectivity index (χ0n) is 19.9. The van der Waals surface area contributed by atoms with Gasteiger partial charge in [-0.2, -0.15) is 4.31 Å². The average molecular weight is 488 g/mol. The van der Waals surface area contributed by atoms with Crippen molar-refractivity contribution in [3.63, 3.8) is 0 Å². The Hall–Kier alpha value is -2.49. The lowest BCUT2D eigenvalue weighted by Gasteiger charge is -2.37. The summed E-state index contributed by atoms with van der Waals surface area (Å²) in [4.78, 5) is 18.5. The Morgan fingerprint density at radius 1 is 1.24 bits per heavy atom. The fourth-order valence-electron chi connectivity index (χ4n) is 4.26. The molecule has 0 bridgehead atoms. The number of sulfonamides is 1. The van der Waals surface area contributed by atoms with Crippen LogP contribution in [0.4, 0.5) is 0 Å². The minimum Gasteiger partial charge on any atom is -0.487 e. The SMILES string of the molecule is C[C@H](CO)N1C[C@H](C)[C@H](CN(C)C(=O)CC2CC2)Oc2cc(-c3ccncc3)ccc2S1(=O)=O. The van der Waals surface area contributed by atoms with Crippen molar-refractivity contribution in [1.82, 2.24) is 14.2 Å². The van der Waals surface area contributed by atoms with Crippen molar-refractivity contribution in [2.75, 3.05) is 26.7 Å². The maximum Gasteiger partial charge on any atom is 0.247 e. The number of fused-ring (bicyclic) bond motifs is 1. The molecule has 184 valence electrons. The normalized spacial score (nSPS) is 23.2. The van der Waals surface area contributed by atoms with Gasteiger partial charge in [-0.25, -0.2) is 8.42 Å². The zero-order valence-corrected chi connectivity index (χ0v) is 20.7. The number of rotatable bonds is 7. The van der Waals surface area contributed by atoms with Crippen LogP contribution in [0.5, 0.6) is 5.75 Å². The number of ether oxygens (including phenoxy) is 1. The number of hydrogen-bond donors (Lipinski definition) is 1. The van der Waals surface area contributed by atoms with E-state index in [-0.39, 0.29) is 35.6 Å². The number of benzene rings is 1. The van der Waals surface area contributed by atoms with Crippen LogP contribution in [0.2, 0.25) is 0 Å². The van der Waals surface area contributed by atoms with Crippen molar-refractivity contribution in [1.29, 1.82) is 0 Å². The quantitative estimate of drug-likeness (QED) is 0.645. The predicted molar refractivity (Wildman–Crippen MR) is 129 cm³/mol. The fourth-order valence-corrected chi connectivity index (χ4v) is 6.09. The van der Waals surface area contributed by atoms with E-state index >= 15 is 0 Å². The third-order valence-corrected chi connectivity index (χ3v) is 8.74. The Morgan fingerprint density at radius 3 is 2.59 bits per heavy atom. The van der Waals surface area contributed by atoms with Crippen LogP contribution in [-0.2, 0) is 14.8 Å². The molecular weight excluding hydrogens is 454 g/mol. The highest BCUT2D eigenvalue weighted by atomic mass is 32.2. The first-order valence-electron chi connectivity index (χ1n) is 11.8. The predicted octanol–water partition coefficient (Wildman–Crippen LogP) is 2.78. The molecule has 0 spiro atoms. The van der Waals surface area contributed by atoms with Gasteiger partial charge in [-0.05, 0) is 61.1 Å². The van der Waals surface area contributed by atoms with Crippen LogP contribution >= 0.6 is 0 Å². The number of carbonyl (C=O) groups excluding carboxylic acids is 1. The van der Waals surface area contributed by atoms with Crippen LogP contribution in [0.3, 0.4) is 0 Å². The molecule has 1 saturated carbocycles. The molecule has 1 aliphatic carbocycles. The van der Waals surface area contributed by atoms with E-state index in [1.54, 1.807) is 49.5 Å². The maximum absolute atomic E-state index is 13.6. The third kappa shape index (κ3) is 5.26. The zero-order chi connectivity index (χ0) is 24.5. The van der Waals surface area contributed by atoms with Gasteiger partial charge in [0.2, 0.25) is 15.9 Å². The first-order valence-corrected chi connectivity index (χ1v) is 13.2. The van der Waals surface area contributed by atoms with Crippen molar-refractivity contribution in [3.8, 4) is 16.9 Å². The molecular formula is C25H33N3O5S. The van der Waals surface area contributed by atoms with Gasteiger partial charge >= 0.3 is 0 Å². The lowest BCUT2D eigenvalue weighted by molar-refractivity contribution is -0.131. The highest BCUT2D eigenvalue weighted by Gasteiger charge is 2.38. The summed E-state index contributed by atoms with van der Waals surface area (Å²) in [6.45, 7) is 3.87. The van der Waals surface area contributed by atoms with Crippen molar-refractivity contribution in [2.45, 2.75) is 50.2 Å². The smallest absolute Gasteiger partial charge is 0.247 e. The van der Waals surface area contributed by atoms with Crippen molar-refractivity contribution in [2.24, 2.45) is 11.8 Å². The lowest BCUT2D eigenvalue weighted by Crippen LogP contribution is -2.50. The van der Waals surface area contributed by atoms with Crippen LogP contribution in [0.25, 0.3) is 11.1 Å². The second-order valence-corrected chi connectivity index (χ2v) is 11.4. The van der Waals surface area contributed by atoms with Gasteiger partial charge in [-0.15, -0.1) is 0 Å². The fraction of sp³-hybridized carbons (Fsp3) is 0.520. The van der Waals surface area contributed by atoms with Gasteiger partial charge in [0, 0.05) is 44.4 Å². The summed E-state index contributed by atoms with van der Waals surface area (Å²) in [6, 6.07) is 8.16. The third-order valence-electron chi connectivity index (χ3n) is 6.72. The maximum atomic E-state index is 13.6. The molecule has 0 saturated heterocycles. The number of aliphatic hydroxyl groups excluding tert-OH is 1. The number of amides is 1. The van der Waals surface area contributed by atoms with Crippen LogP contribution in [0.1, 0.15) is 33.1 Å². The van der Waals surface area contributed by atoms with Gasteiger partial charge in [0.05, 0.1) is 13.2 Å². The molecule has 0 unspecified atom stereocenters. The van der Waals surface area contributed by atoms with Crippen molar-refractivity contribution >= 4 is 15.9 Å². The first kappa shape index (κ1) is 24.6. The van der Waals surface area contributed by atoms with Gasteiger partial charge < -0.3 is 14.7 Å². The van der Waals surface area contributed by atoms with E-state index in [1.807, 2.05) is 19.1 Å². The lowest BCUT2D eigenvalue weighted by atomic mass is 10.0. The molecule has 3 atom stereocenters. The van der Waals surface area contributed by atoms with Crippen molar-refractivity contribution in [3.05, 3.63) is 42.7 Å². The number of aliphatic hydroxyl groups is 1. The first-order chi connectivity index (χ1) is 16.2. The summed E-state index contributed by atoms with van der Waals surface area (Å²) < 4.78 is 34.9. The van der Waals surface area contributed by atoms with E-state index < -0.39 is 22.2 Å². The van der Waals surface area contributed by atoms with Crippen LogP contribution < -0.4 is 4.74 Å². The molecule has 1 fully saturated rings. The molecule has 34 heavy (non-hydrogen) atoms. The Kier molecular flexibility index (Phi) is 7.25. The molecule has 1 aromatic carbocycles. The molecule has 1 aromatic heterocycles. The molecule has 1 aliphatic heterocycles. The summed E-state index contributed by atoms with van der Waals surface area (Å²) in [7, 11) is -2.13. The highest BCUT2D eigenvalue weighted by molar-refractivity contribution is 7.89. The molecule has 2 aliphatic rings. The molecule has 2 aromatic rings. The van der Waals surface area contributed by atoms with Crippen LogP contribution in [-0.4, -0.2) is 72.5 Å². The number of likely N-dealkylation sites (N-methyl/N-ethyl adjacent to an activating group) is 1. The number of aromatic nitrogens is 1. The second kappa shape index (κ2) is 10.0. The van der Waals surface area contributed by atoms with Gasteiger partial charge in [0.25, 0.3) is 0 Å². The summed E-state index contributed by atoms with van der Waals surface area (Å²) in [5, 5.41) is 9.79. The van der Waals surface area contributed by atoms with Gasteiger partial charge in [-0.1, -0.05) is 13.0 Å². The Bertz CT molecular complexity index is 1120. The Balaban J connectivity index is 1.72. The number of pyridine rings is 1. The molecule has 2 heterocycles. The standard InChI is InChI=1S/C25H33N3O5S/c1-17-14-28(18(2)16-29)34(31,32)24-7-6-21(20-8-10-26-11-9-20)13-22(24)33-23(17)15-27(3)25(30)12-19-4-5-19/h6-11,13,17-19,23,29H,4-5,12,14-16H2,1-3H3/t17-,18+,23-/m0/s1. The van der Waals surface area contributed by atoms with Crippen LogP contribution in [0.15, 0.2) is 47.6 Å². The molecule has 9 heteroatoms. The highest BCUT2D eigenvalue weighted by Crippen LogP contribution is 2.37. The van der Waals surface area contributed by atoms with E-state index in [0.29, 0.717) is 18.9 Å². The van der Waals surface area contributed by atoms with E-state index in [9.17, 15) is 18.3 Å². The Morgan fingerprint density at radius 2 is 1.94 bits per heavy atom. The van der Waals surface area contributed by atoms with Gasteiger partial charge in [0.1, 0.15) is 16.7 Å². The molecule has 0 radical (unpaired) electrons. The summed E-state index contributed by atoms with van der Waals surface area (Å²) in [6.07, 6.45) is 5.70. The van der Waals surface area contributed by atoms with Gasteiger partial charge in [-0.3, -0.25) is 9.78 Å². The summed E-state index contributed by atoms with van der Waals surface area (Å²) in [5.74, 6) is 0.612. The van der Waals surface area contributed by atoms with E-state index in [2.05, 4.69) is 4.98 Å². The van der Waals surface area contributed by atoms with E-state index in [0.717, 1.165) is 24.0 Å². The van der Waals surface area contributed by atoms with Crippen molar-refractivity contribution < 1.29 is 23.1 Å². The number of nitrogens with zero attached hydrogens (tertiary/aromatic N) is 3. The topological polar surface area (TPSA) is 100 Å². The minimum atomic E-state index is -3.91. The second-order valence-electron chi connectivity index (χ2n) is 9.56. The summed E-state index contributed by atoms with van der Waals surface area (Å²) in [5.41, 5.74) is 1.70. The van der Waals surface area contributed by atoms with Crippen LogP contribution in [0, 0.1) is 11.8 Å². The van der Waals surface area contributed by atoms with E-state index in [4.69, 9.17) is 4.74 Å². The molecule has 8 nitrogen and oxygen atoms in total. The molecule has 1 amide bonds.